The van der Waals surface area contributed by atoms with E-state index in [1.807, 2.05) is 56.3 Å². The van der Waals surface area contributed by atoms with Crippen molar-refractivity contribution in [1.82, 2.24) is 14.8 Å². The lowest BCUT2D eigenvalue weighted by atomic mass is 9.98. The van der Waals surface area contributed by atoms with E-state index in [4.69, 9.17) is 4.74 Å². The summed E-state index contributed by atoms with van der Waals surface area (Å²) in [5, 5.41) is 3.35. The zero-order chi connectivity index (χ0) is 25.1. The number of carbonyl (C=O) groups excluding carboxylic acids is 4. The highest BCUT2D eigenvalue weighted by Crippen LogP contribution is 2.26. The Morgan fingerprint density at radius 1 is 1.06 bits per heavy atom. The summed E-state index contributed by atoms with van der Waals surface area (Å²) in [5.41, 5.74) is 1.96. The molecule has 0 spiro atoms. The van der Waals surface area contributed by atoms with E-state index in [0.717, 1.165) is 10.5 Å². The van der Waals surface area contributed by atoms with E-state index >= 15 is 0 Å². The highest BCUT2D eigenvalue weighted by atomic mass is 16.5. The summed E-state index contributed by atoms with van der Waals surface area (Å²) in [4.78, 5) is 52.1. The molecule has 1 unspecified atom stereocenters. The molecule has 8 heteroatoms. The van der Waals surface area contributed by atoms with Crippen molar-refractivity contribution in [3.8, 4) is 0 Å². The normalized spacial score (nSPS) is 17.2. The fourth-order valence-corrected chi connectivity index (χ4v) is 4.19. The van der Waals surface area contributed by atoms with Crippen LogP contribution in [0.25, 0.3) is 17.0 Å². The largest absolute Gasteiger partial charge is 0.444 e. The van der Waals surface area contributed by atoms with Gasteiger partial charge in [-0.05, 0) is 30.0 Å². The lowest BCUT2D eigenvalue weighted by Crippen LogP contribution is -2.58. The van der Waals surface area contributed by atoms with Gasteiger partial charge in [0, 0.05) is 24.1 Å². The van der Waals surface area contributed by atoms with Crippen LogP contribution in [0.5, 0.6) is 0 Å². The molecule has 8 nitrogen and oxygen atoms in total. The lowest BCUT2D eigenvalue weighted by molar-refractivity contribution is -0.152. The fraction of sp³-hybridized carbons (Fsp3) is 0.259. The molecule has 3 aromatic rings. The number of imide groups is 1. The number of amides is 3. The molecule has 1 aliphatic rings. The number of hydrogen-bond acceptors (Lipinski definition) is 5. The summed E-state index contributed by atoms with van der Waals surface area (Å²) in [6.07, 6.45) is 2.85. The molecule has 0 radical (unpaired) electrons. The maximum atomic E-state index is 13.2. The van der Waals surface area contributed by atoms with E-state index in [1.54, 1.807) is 18.3 Å². The van der Waals surface area contributed by atoms with Gasteiger partial charge in [-0.15, -0.1) is 0 Å². The zero-order valence-corrected chi connectivity index (χ0v) is 19.9. The Hall–Kier alpha value is -4.20. The smallest absolute Gasteiger partial charge is 0.418 e. The number of para-hydroxylation sites is 1. The molecule has 2 aromatic carbocycles. The molecular weight excluding hydrogens is 446 g/mol. The minimum atomic E-state index is -0.855. The number of carbonyl (C=O) groups is 4. The van der Waals surface area contributed by atoms with Gasteiger partial charge in [0.15, 0.2) is 0 Å². The summed E-state index contributed by atoms with van der Waals surface area (Å²) < 4.78 is 6.84. The molecule has 1 N–H and O–H groups in total. The van der Waals surface area contributed by atoms with E-state index in [-0.39, 0.29) is 18.2 Å². The number of hydrogen-bond donors (Lipinski definition) is 1. The summed E-state index contributed by atoms with van der Waals surface area (Å²) in [6, 6.07) is 15.7. The first-order valence-corrected chi connectivity index (χ1v) is 11.4. The number of piperazine rings is 1. The maximum absolute atomic E-state index is 13.2. The van der Waals surface area contributed by atoms with Gasteiger partial charge < -0.3 is 10.1 Å². The van der Waals surface area contributed by atoms with Crippen molar-refractivity contribution in [2.45, 2.75) is 39.8 Å². The van der Waals surface area contributed by atoms with E-state index in [9.17, 15) is 19.2 Å². The minimum Gasteiger partial charge on any atom is -0.444 e. The number of nitrogens with zero attached hydrogens (tertiary/aromatic N) is 2. The molecule has 1 atom stereocenters. The maximum Gasteiger partial charge on any atom is 0.418 e. The Bertz CT molecular complexity index is 1320. The molecule has 4 rings (SSSR count). The SMILES string of the molecule is CC(=O)N1C(=O)/C(=C/c2cn(C(=O)OCc3ccccc3)c3ccccc23)NC(=O)C1CC(C)C. The molecule has 2 heterocycles. The second-order valence-electron chi connectivity index (χ2n) is 8.90. The molecule has 1 aromatic heterocycles. The molecule has 1 fully saturated rings. The van der Waals surface area contributed by atoms with E-state index in [0.29, 0.717) is 22.9 Å². The first kappa shape index (κ1) is 23.9. The van der Waals surface area contributed by atoms with Crippen molar-refractivity contribution in [2.24, 2.45) is 5.92 Å². The third kappa shape index (κ3) is 5.01. The highest BCUT2D eigenvalue weighted by Gasteiger charge is 2.40. The average Bonchev–Trinajstić information content (AvgIpc) is 3.19. The van der Waals surface area contributed by atoms with Gasteiger partial charge in [0.1, 0.15) is 18.3 Å². The molecule has 3 amide bonds. The van der Waals surface area contributed by atoms with Crippen molar-refractivity contribution in [3.63, 3.8) is 0 Å². The minimum absolute atomic E-state index is 0.0224. The molecule has 35 heavy (non-hydrogen) atoms. The van der Waals surface area contributed by atoms with Crippen LogP contribution in [0.1, 0.15) is 38.3 Å². The van der Waals surface area contributed by atoms with E-state index in [1.165, 1.54) is 17.6 Å². The Kier molecular flexibility index (Phi) is 6.82. The summed E-state index contributed by atoms with van der Waals surface area (Å²) in [6.45, 7) is 5.23. The van der Waals surface area contributed by atoms with Crippen LogP contribution in [0.4, 0.5) is 4.79 Å². The second kappa shape index (κ2) is 9.97. The third-order valence-corrected chi connectivity index (χ3v) is 5.80. The molecule has 180 valence electrons. The first-order valence-electron chi connectivity index (χ1n) is 11.4. The molecule has 0 saturated carbocycles. The van der Waals surface area contributed by atoms with Crippen LogP contribution in [0.15, 0.2) is 66.5 Å². The summed E-state index contributed by atoms with van der Waals surface area (Å²) in [5.74, 6) is -1.36. The quantitative estimate of drug-likeness (QED) is 0.563. The fourth-order valence-electron chi connectivity index (χ4n) is 4.19. The summed E-state index contributed by atoms with van der Waals surface area (Å²) >= 11 is 0. The van der Waals surface area contributed by atoms with Gasteiger partial charge in [0.05, 0.1) is 5.52 Å². The number of benzene rings is 2. The van der Waals surface area contributed by atoms with E-state index < -0.39 is 29.9 Å². The number of ether oxygens (including phenoxy) is 1. The first-order chi connectivity index (χ1) is 16.8. The van der Waals surface area contributed by atoms with Crippen LogP contribution in [0.2, 0.25) is 0 Å². The topological polar surface area (TPSA) is 97.7 Å². The van der Waals surface area contributed by atoms with Crippen molar-refractivity contribution in [3.05, 3.63) is 77.6 Å². The number of nitrogens with one attached hydrogen (secondary N) is 1. The van der Waals surface area contributed by atoms with Gasteiger partial charge in [-0.2, -0.15) is 0 Å². The Balaban J connectivity index is 1.67. The van der Waals surface area contributed by atoms with Crippen LogP contribution < -0.4 is 5.32 Å². The van der Waals surface area contributed by atoms with Crippen LogP contribution in [-0.2, 0) is 25.7 Å². The van der Waals surface area contributed by atoms with Gasteiger partial charge in [0.25, 0.3) is 5.91 Å². The van der Waals surface area contributed by atoms with Gasteiger partial charge in [0.2, 0.25) is 11.8 Å². The average molecular weight is 474 g/mol. The Morgan fingerprint density at radius 2 is 1.74 bits per heavy atom. The Morgan fingerprint density at radius 3 is 2.43 bits per heavy atom. The van der Waals surface area contributed by atoms with Gasteiger partial charge in [-0.1, -0.05) is 62.4 Å². The van der Waals surface area contributed by atoms with Crippen molar-refractivity contribution in [1.29, 1.82) is 0 Å². The monoisotopic (exact) mass is 473 g/mol. The second-order valence-corrected chi connectivity index (χ2v) is 8.90. The van der Waals surface area contributed by atoms with Crippen molar-refractivity contribution in [2.75, 3.05) is 0 Å². The molecule has 0 bridgehead atoms. The van der Waals surface area contributed by atoms with Crippen LogP contribution >= 0.6 is 0 Å². The van der Waals surface area contributed by atoms with Crippen LogP contribution in [-0.4, -0.2) is 39.3 Å². The molecular formula is C27H27N3O5. The molecule has 0 aliphatic carbocycles. The van der Waals surface area contributed by atoms with Gasteiger partial charge >= 0.3 is 6.09 Å². The summed E-state index contributed by atoms with van der Waals surface area (Å²) in [7, 11) is 0. The lowest BCUT2D eigenvalue weighted by Gasteiger charge is -2.34. The predicted octanol–water partition coefficient (Wildman–Crippen LogP) is 4.09. The van der Waals surface area contributed by atoms with Crippen LogP contribution in [0.3, 0.4) is 0 Å². The van der Waals surface area contributed by atoms with Crippen molar-refractivity contribution >= 4 is 40.8 Å². The Labute approximate surface area is 203 Å². The third-order valence-electron chi connectivity index (χ3n) is 5.80. The number of fused-ring (bicyclic) bond motifs is 1. The highest BCUT2D eigenvalue weighted by molar-refractivity contribution is 6.14. The van der Waals surface area contributed by atoms with Crippen molar-refractivity contribution < 1.29 is 23.9 Å². The standard InChI is InChI=1S/C27H27N3O5/c1-17(2)13-24-25(32)28-22(26(33)30(24)18(3)31)14-20-15-29(23-12-8-7-11-21(20)23)27(34)35-16-19-9-5-4-6-10-19/h4-12,14-15,17,24H,13,16H2,1-3H3,(H,28,32)/b22-14-. The van der Waals surface area contributed by atoms with Gasteiger partial charge in [-0.3, -0.25) is 23.9 Å². The number of aromatic nitrogens is 1. The molecule has 1 saturated heterocycles. The van der Waals surface area contributed by atoms with Crippen LogP contribution in [0, 0.1) is 5.92 Å². The number of rotatable bonds is 5. The van der Waals surface area contributed by atoms with E-state index in [2.05, 4.69) is 5.32 Å². The van der Waals surface area contributed by atoms with Gasteiger partial charge in [-0.25, -0.2) is 4.79 Å². The zero-order valence-electron chi connectivity index (χ0n) is 19.9. The predicted molar refractivity (Wildman–Crippen MR) is 131 cm³/mol. The molecule has 1 aliphatic heterocycles.